The number of likely N-dealkylation sites (tertiary alicyclic amines) is 1. The SMILES string of the molecule is CC(C)N(C(=O)c1cc2c(cc1C(F)(F)F)OC(C1CCOCC1)C(=O)N2)C1CCCN(C(=O)OC(C)(C)C)C1. The first-order valence-electron chi connectivity index (χ1n) is 13.8. The number of halogens is 3. The Bertz CT molecular complexity index is 1130. The minimum atomic E-state index is -4.85. The molecule has 0 saturated carbocycles. The van der Waals surface area contributed by atoms with Crippen LogP contribution in [-0.4, -0.2) is 77.8 Å². The third-order valence-electron chi connectivity index (χ3n) is 7.35. The van der Waals surface area contributed by atoms with Crippen molar-refractivity contribution in [3.63, 3.8) is 0 Å². The van der Waals surface area contributed by atoms with Gasteiger partial charge in [0.2, 0.25) is 0 Å². The van der Waals surface area contributed by atoms with Crippen LogP contribution < -0.4 is 10.1 Å². The molecule has 2 unspecified atom stereocenters. The zero-order valence-electron chi connectivity index (χ0n) is 23.6. The maximum atomic E-state index is 14.3. The number of alkyl halides is 3. The summed E-state index contributed by atoms with van der Waals surface area (Å²) in [5, 5.41) is 2.66. The number of carbonyl (C=O) groups excluding carboxylic acids is 3. The van der Waals surface area contributed by atoms with E-state index in [0.29, 0.717) is 45.4 Å². The summed E-state index contributed by atoms with van der Waals surface area (Å²) >= 11 is 0. The van der Waals surface area contributed by atoms with Gasteiger partial charge in [-0.2, -0.15) is 13.2 Å². The molecule has 0 aromatic heterocycles. The summed E-state index contributed by atoms with van der Waals surface area (Å²) in [7, 11) is 0. The Morgan fingerprint density at radius 3 is 2.40 bits per heavy atom. The molecule has 2 atom stereocenters. The molecule has 2 saturated heterocycles. The predicted molar refractivity (Wildman–Crippen MR) is 140 cm³/mol. The fourth-order valence-electron chi connectivity index (χ4n) is 5.54. The van der Waals surface area contributed by atoms with E-state index in [1.807, 2.05) is 0 Å². The molecule has 2 fully saturated rings. The number of ether oxygens (including phenoxy) is 3. The number of fused-ring (bicyclic) bond motifs is 1. The predicted octanol–water partition coefficient (Wildman–Crippen LogP) is 5.08. The van der Waals surface area contributed by atoms with Gasteiger partial charge in [0.1, 0.15) is 11.4 Å². The summed E-state index contributed by atoms with van der Waals surface area (Å²) in [5.74, 6) is -1.60. The summed E-state index contributed by atoms with van der Waals surface area (Å²) in [5.41, 5.74) is -2.41. The van der Waals surface area contributed by atoms with Crippen LogP contribution in [0.5, 0.6) is 5.75 Å². The van der Waals surface area contributed by atoms with Crippen molar-refractivity contribution in [2.24, 2.45) is 5.92 Å². The Kier molecular flexibility index (Phi) is 8.58. The number of rotatable bonds is 4. The zero-order valence-corrected chi connectivity index (χ0v) is 23.6. The van der Waals surface area contributed by atoms with Gasteiger partial charge in [-0.15, -0.1) is 0 Å². The molecule has 0 aliphatic carbocycles. The van der Waals surface area contributed by atoms with Gasteiger partial charge in [-0.25, -0.2) is 4.79 Å². The van der Waals surface area contributed by atoms with Crippen LogP contribution in [-0.2, 0) is 20.4 Å². The quantitative estimate of drug-likeness (QED) is 0.543. The molecule has 3 heterocycles. The van der Waals surface area contributed by atoms with E-state index in [2.05, 4.69) is 5.32 Å². The van der Waals surface area contributed by atoms with E-state index in [-0.39, 0.29) is 23.9 Å². The maximum Gasteiger partial charge on any atom is 0.417 e. The van der Waals surface area contributed by atoms with Crippen molar-refractivity contribution in [3.05, 3.63) is 23.3 Å². The molecule has 9 nitrogen and oxygen atoms in total. The van der Waals surface area contributed by atoms with Crippen molar-refractivity contribution in [2.45, 2.75) is 90.3 Å². The molecule has 0 spiro atoms. The normalized spacial score (nSPS) is 22.3. The first kappa shape index (κ1) is 30.0. The van der Waals surface area contributed by atoms with Crippen LogP contribution in [0.2, 0.25) is 0 Å². The minimum absolute atomic E-state index is 0.0207. The van der Waals surface area contributed by atoms with Crippen molar-refractivity contribution in [1.29, 1.82) is 0 Å². The topological polar surface area (TPSA) is 97.4 Å². The van der Waals surface area contributed by atoms with Gasteiger partial charge in [0.15, 0.2) is 6.10 Å². The number of carbonyl (C=O) groups is 3. The number of hydrogen-bond acceptors (Lipinski definition) is 6. The van der Waals surface area contributed by atoms with Crippen molar-refractivity contribution in [1.82, 2.24) is 9.80 Å². The second-order valence-electron chi connectivity index (χ2n) is 11.9. The molecular formula is C28H38F3N3O6. The average Bonchev–Trinajstić information content (AvgIpc) is 2.86. The van der Waals surface area contributed by atoms with Crippen molar-refractivity contribution in [2.75, 3.05) is 31.6 Å². The fraction of sp³-hybridized carbons (Fsp3) is 0.679. The molecule has 3 aliphatic heterocycles. The number of amides is 3. The van der Waals surface area contributed by atoms with Crippen LogP contribution in [0.25, 0.3) is 0 Å². The Morgan fingerprint density at radius 1 is 1.12 bits per heavy atom. The Morgan fingerprint density at radius 2 is 1.80 bits per heavy atom. The lowest BCUT2D eigenvalue weighted by molar-refractivity contribution is -0.138. The van der Waals surface area contributed by atoms with Gasteiger partial charge in [-0.1, -0.05) is 0 Å². The van der Waals surface area contributed by atoms with Gasteiger partial charge >= 0.3 is 12.3 Å². The Labute approximate surface area is 232 Å². The van der Waals surface area contributed by atoms with Crippen LogP contribution in [0.1, 0.15) is 76.2 Å². The van der Waals surface area contributed by atoms with Gasteiger partial charge in [0.05, 0.1) is 22.9 Å². The number of piperidine rings is 1. The van der Waals surface area contributed by atoms with Crippen molar-refractivity contribution in [3.8, 4) is 5.75 Å². The first-order chi connectivity index (χ1) is 18.7. The van der Waals surface area contributed by atoms with Crippen LogP contribution in [0, 0.1) is 5.92 Å². The molecule has 0 bridgehead atoms. The number of hydrogen-bond donors (Lipinski definition) is 1. The van der Waals surface area contributed by atoms with E-state index in [1.54, 1.807) is 34.6 Å². The summed E-state index contributed by atoms with van der Waals surface area (Å²) in [6.07, 6.45) is -4.13. The van der Waals surface area contributed by atoms with E-state index in [1.165, 1.54) is 9.80 Å². The van der Waals surface area contributed by atoms with Crippen LogP contribution in [0.3, 0.4) is 0 Å². The summed E-state index contributed by atoms with van der Waals surface area (Å²) < 4.78 is 59.6. The minimum Gasteiger partial charge on any atom is -0.478 e. The van der Waals surface area contributed by atoms with E-state index < -0.39 is 59.0 Å². The molecule has 1 aromatic rings. The van der Waals surface area contributed by atoms with Crippen LogP contribution in [0.4, 0.5) is 23.7 Å². The fourth-order valence-corrected chi connectivity index (χ4v) is 5.54. The highest BCUT2D eigenvalue weighted by Gasteiger charge is 2.43. The third kappa shape index (κ3) is 6.64. The highest BCUT2D eigenvalue weighted by molar-refractivity contribution is 6.02. The molecule has 40 heavy (non-hydrogen) atoms. The molecule has 222 valence electrons. The maximum absolute atomic E-state index is 14.3. The monoisotopic (exact) mass is 569 g/mol. The molecule has 3 amide bonds. The molecule has 3 aliphatic rings. The summed E-state index contributed by atoms with van der Waals surface area (Å²) in [4.78, 5) is 42.3. The van der Waals surface area contributed by atoms with Gasteiger partial charge in [-0.05, 0) is 72.4 Å². The Balaban J connectivity index is 1.64. The average molecular weight is 570 g/mol. The second-order valence-corrected chi connectivity index (χ2v) is 11.9. The number of benzene rings is 1. The standard InChI is InChI=1S/C28H38F3N3O6/c1-16(2)34(18-7-6-10-33(15-18)26(37)40-27(3,4)5)25(36)19-13-21-22(14-20(19)28(29,30)31)39-23(24(35)32-21)17-8-11-38-12-9-17/h13-14,16-18,23H,6-12,15H2,1-5H3,(H,32,35). The van der Waals surface area contributed by atoms with Crippen molar-refractivity contribution < 1.29 is 41.8 Å². The molecular weight excluding hydrogens is 531 g/mol. The molecule has 4 rings (SSSR count). The second kappa shape index (κ2) is 11.5. The van der Waals surface area contributed by atoms with E-state index in [9.17, 15) is 27.6 Å². The van der Waals surface area contributed by atoms with Crippen LogP contribution in [0.15, 0.2) is 12.1 Å². The first-order valence-corrected chi connectivity index (χ1v) is 13.8. The molecule has 1 N–H and O–H groups in total. The highest BCUT2D eigenvalue weighted by atomic mass is 19.4. The third-order valence-corrected chi connectivity index (χ3v) is 7.35. The van der Waals surface area contributed by atoms with Crippen LogP contribution >= 0.6 is 0 Å². The number of nitrogens with one attached hydrogen (secondary N) is 1. The Hall–Kier alpha value is -3.02. The lowest BCUT2D eigenvalue weighted by Crippen LogP contribution is -2.54. The largest absolute Gasteiger partial charge is 0.478 e. The van der Waals surface area contributed by atoms with E-state index in [4.69, 9.17) is 14.2 Å². The van der Waals surface area contributed by atoms with Gasteiger partial charge in [0.25, 0.3) is 11.8 Å². The smallest absolute Gasteiger partial charge is 0.417 e. The molecule has 0 radical (unpaired) electrons. The van der Waals surface area contributed by atoms with Gasteiger partial charge in [-0.3, -0.25) is 9.59 Å². The van der Waals surface area contributed by atoms with Gasteiger partial charge < -0.3 is 29.3 Å². The highest BCUT2D eigenvalue weighted by Crippen LogP contribution is 2.42. The molecule has 1 aromatic carbocycles. The summed E-state index contributed by atoms with van der Waals surface area (Å²) in [6.45, 7) is 10.1. The lowest BCUT2D eigenvalue weighted by Gasteiger charge is -2.42. The molecule has 12 heteroatoms. The number of anilines is 1. The summed E-state index contributed by atoms with van der Waals surface area (Å²) in [6, 6.07) is 0.884. The van der Waals surface area contributed by atoms with E-state index >= 15 is 0 Å². The van der Waals surface area contributed by atoms with Gasteiger partial charge in [0, 0.05) is 38.3 Å². The lowest BCUT2D eigenvalue weighted by atomic mass is 9.92. The van der Waals surface area contributed by atoms with E-state index in [0.717, 1.165) is 12.1 Å². The van der Waals surface area contributed by atoms with Crippen molar-refractivity contribution >= 4 is 23.6 Å². The number of nitrogens with zero attached hydrogens (tertiary/aromatic N) is 2. The zero-order chi connectivity index (χ0) is 29.4.